The molecule has 0 aliphatic rings. The summed E-state index contributed by atoms with van der Waals surface area (Å²) >= 11 is 0. The smallest absolute Gasteiger partial charge is 0.00219 e. The van der Waals surface area contributed by atoms with E-state index in [9.17, 15) is 9.59 Å². The molecule has 0 atom stereocenters. The van der Waals surface area contributed by atoms with Gasteiger partial charge < -0.3 is 9.59 Å². The fourth-order valence-corrected chi connectivity index (χ4v) is 0.286. The molecular formula is C5H7O2Sc-. The fourth-order valence-electron chi connectivity index (χ4n) is 0.286. The van der Waals surface area contributed by atoms with Gasteiger partial charge in [0.15, 0.2) is 0 Å². The quantitative estimate of drug-likeness (QED) is 0.414. The predicted octanol–water partition coefficient (Wildman–Crippen LogP) is 0.366. The standard InChI is InChI=1S/C5H7O2.Sc/c1-4(6)3-5(2)7;/h3H,1-2H3;/q-1;. The number of ketones is 2. The van der Waals surface area contributed by atoms with Crippen molar-refractivity contribution in [3.63, 3.8) is 0 Å². The zero-order valence-electron chi connectivity index (χ0n) is 4.97. The summed E-state index contributed by atoms with van der Waals surface area (Å²) in [5, 5.41) is 0. The summed E-state index contributed by atoms with van der Waals surface area (Å²) in [7, 11) is 0. The van der Waals surface area contributed by atoms with Crippen molar-refractivity contribution in [3.05, 3.63) is 6.42 Å². The molecule has 2 nitrogen and oxygen atoms in total. The monoisotopic (exact) mass is 144 g/mol. The minimum absolute atomic E-state index is 0. The maximum absolute atomic E-state index is 9.98. The van der Waals surface area contributed by atoms with Gasteiger partial charge in [-0.15, -0.1) is 0 Å². The Hall–Kier alpha value is 0.0801. The van der Waals surface area contributed by atoms with Gasteiger partial charge in [0.1, 0.15) is 0 Å². The number of Topliss-reactive ketones (excluding diaryl/α,β-unsaturated/α-hetero) is 2. The third-order valence-corrected chi connectivity index (χ3v) is 0.407. The van der Waals surface area contributed by atoms with Crippen molar-refractivity contribution >= 4 is 11.6 Å². The molecule has 1 radical (unpaired) electrons. The molecular weight excluding hydrogens is 137 g/mol. The normalized spacial score (nSPS) is 6.75. The molecule has 0 aromatic heterocycles. The van der Waals surface area contributed by atoms with Gasteiger partial charge in [0, 0.05) is 37.4 Å². The summed E-state index contributed by atoms with van der Waals surface area (Å²) in [6.07, 6.45) is 1.06. The fraction of sp³-hybridized carbons (Fsp3) is 0.400. The van der Waals surface area contributed by atoms with Crippen LogP contribution in [0.5, 0.6) is 0 Å². The van der Waals surface area contributed by atoms with Crippen molar-refractivity contribution in [3.8, 4) is 0 Å². The van der Waals surface area contributed by atoms with Crippen molar-refractivity contribution in [1.29, 1.82) is 0 Å². The topological polar surface area (TPSA) is 34.1 Å². The number of carbonyl (C=O) groups excluding carboxylic acids is 2. The van der Waals surface area contributed by atoms with E-state index in [1.54, 1.807) is 0 Å². The SMILES string of the molecule is CC(=O)[CH-]C(C)=O.[Sc]. The van der Waals surface area contributed by atoms with E-state index in [0.29, 0.717) is 0 Å². The van der Waals surface area contributed by atoms with E-state index in [1.807, 2.05) is 0 Å². The molecule has 0 N–H and O–H groups in total. The maximum Gasteiger partial charge on any atom is 0.00219 e. The summed E-state index contributed by atoms with van der Waals surface area (Å²) < 4.78 is 0. The van der Waals surface area contributed by atoms with E-state index in [1.165, 1.54) is 13.8 Å². The Morgan fingerprint density at radius 1 is 1.12 bits per heavy atom. The minimum atomic E-state index is -0.187. The Kier molecular flexibility index (Phi) is 7.15. The molecule has 0 heterocycles. The first-order valence-corrected chi connectivity index (χ1v) is 1.99. The zero-order chi connectivity index (χ0) is 5.86. The molecule has 0 unspecified atom stereocenters. The molecule has 0 bridgehead atoms. The van der Waals surface area contributed by atoms with Crippen LogP contribution >= 0.6 is 0 Å². The number of carbonyl (C=O) groups is 2. The number of hydrogen-bond donors (Lipinski definition) is 0. The van der Waals surface area contributed by atoms with Gasteiger partial charge in [-0.2, -0.15) is 0 Å². The first-order valence-electron chi connectivity index (χ1n) is 1.99. The largest absolute Gasteiger partial charge is 0.334 e. The molecule has 0 saturated heterocycles. The molecule has 0 spiro atoms. The Morgan fingerprint density at radius 3 is 1.38 bits per heavy atom. The first-order chi connectivity index (χ1) is 3.13. The summed E-state index contributed by atoms with van der Waals surface area (Å²) in [6, 6.07) is 0. The van der Waals surface area contributed by atoms with Gasteiger partial charge in [0.05, 0.1) is 0 Å². The summed E-state index contributed by atoms with van der Waals surface area (Å²) in [6.45, 7) is 2.70. The predicted molar refractivity (Wildman–Crippen MR) is 25.7 cm³/mol. The average Bonchev–Trinajstić information content (AvgIpc) is 1.27. The Balaban J connectivity index is 0. The number of hydrogen-bond acceptors (Lipinski definition) is 2. The molecule has 0 aliphatic carbocycles. The molecule has 0 fully saturated rings. The molecule has 0 amide bonds. The summed E-state index contributed by atoms with van der Waals surface area (Å²) in [4.78, 5) is 20.0. The van der Waals surface area contributed by atoms with Gasteiger partial charge in [-0.3, -0.25) is 6.42 Å². The minimum Gasteiger partial charge on any atom is -0.334 e. The van der Waals surface area contributed by atoms with Gasteiger partial charge >= 0.3 is 0 Å². The van der Waals surface area contributed by atoms with Gasteiger partial charge in [-0.05, 0) is 13.8 Å². The molecule has 3 heteroatoms. The van der Waals surface area contributed by atoms with Crippen LogP contribution in [0.3, 0.4) is 0 Å². The molecule has 0 rings (SSSR count). The second-order valence-corrected chi connectivity index (χ2v) is 1.37. The molecule has 0 aliphatic heterocycles. The third kappa shape index (κ3) is 9.43. The van der Waals surface area contributed by atoms with Crippen LogP contribution in [0.2, 0.25) is 0 Å². The average molecular weight is 144 g/mol. The van der Waals surface area contributed by atoms with Gasteiger partial charge in [-0.1, -0.05) is 0 Å². The van der Waals surface area contributed by atoms with Crippen molar-refractivity contribution < 1.29 is 35.4 Å². The van der Waals surface area contributed by atoms with E-state index in [0.717, 1.165) is 6.42 Å². The van der Waals surface area contributed by atoms with E-state index in [-0.39, 0.29) is 37.4 Å². The van der Waals surface area contributed by atoms with Gasteiger partial charge in [-0.25, -0.2) is 0 Å². The third-order valence-electron chi connectivity index (χ3n) is 0.407. The van der Waals surface area contributed by atoms with Crippen molar-refractivity contribution in [1.82, 2.24) is 0 Å². The van der Waals surface area contributed by atoms with Crippen molar-refractivity contribution in [2.24, 2.45) is 0 Å². The summed E-state index contributed by atoms with van der Waals surface area (Å²) in [5.74, 6) is -0.375. The van der Waals surface area contributed by atoms with E-state index < -0.39 is 0 Å². The molecule has 0 aromatic carbocycles. The van der Waals surface area contributed by atoms with Crippen LogP contribution < -0.4 is 0 Å². The van der Waals surface area contributed by atoms with E-state index in [4.69, 9.17) is 0 Å². The van der Waals surface area contributed by atoms with Crippen LogP contribution in [0.1, 0.15) is 13.8 Å². The second kappa shape index (κ2) is 5.22. The number of rotatable bonds is 2. The van der Waals surface area contributed by atoms with Gasteiger partial charge in [0.25, 0.3) is 0 Å². The first kappa shape index (κ1) is 11.0. The van der Waals surface area contributed by atoms with Gasteiger partial charge in [0.2, 0.25) is 0 Å². The second-order valence-electron chi connectivity index (χ2n) is 1.37. The van der Waals surface area contributed by atoms with Crippen LogP contribution in [0.15, 0.2) is 0 Å². The molecule has 0 aromatic rings. The summed E-state index contributed by atoms with van der Waals surface area (Å²) in [5.41, 5.74) is 0. The molecule has 8 heavy (non-hydrogen) atoms. The van der Waals surface area contributed by atoms with Crippen LogP contribution in [0.4, 0.5) is 0 Å². The Morgan fingerprint density at radius 2 is 1.38 bits per heavy atom. The van der Waals surface area contributed by atoms with Crippen LogP contribution in [0, 0.1) is 6.42 Å². The zero-order valence-corrected chi connectivity index (χ0v) is 6.77. The van der Waals surface area contributed by atoms with Crippen molar-refractivity contribution in [2.75, 3.05) is 0 Å². The van der Waals surface area contributed by atoms with E-state index in [2.05, 4.69) is 0 Å². The Bertz CT molecular complexity index is 86.6. The van der Waals surface area contributed by atoms with Crippen molar-refractivity contribution in [2.45, 2.75) is 13.8 Å². The van der Waals surface area contributed by atoms with Crippen LogP contribution in [0.25, 0.3) is 0 Å². The Labute approximate surface area is 67.4 Å². The molecule has 0 saturated carbocycles. The van der Waals surface area contributed by atoms with Crippen LogP contribution in [-0.4, -0.2) is 11.6 Å². The van der Waals surface area contributed by atoms with E-state index >= 15 is 0 Å². The van der Waals surface area contributed by atoms with Crippen LogP contribution in [-0.2, 0) is 35.4 Å². The maximum atomic E-state index is 9.98. The molecule has 43 valence electrons.